The van der Waals surface area contributed by atoms with Crippen molar-refractivity contribution in [2.45, 2.75) is 13.0 Å². The number of ether oxygens (including phenoxy) is 2. The molecular formula is C14H18N6O3S. The monoisotopic (exact) mass is 350 g/mol. The Hall–Kier alpha value is -2.62. The predicted molar refractivity (Wildman–Crippen MR) is 90.1 cm³/mol. The lowest BCUT2D eigenvalue weighted by Crippen LogP contribution is -2.31. The quantitative estimate of drug-likeness (QED) is 0.856. The third kappa shape index (κ3) is 3.32. The van der Waals surface area contributed by atoms with Crippen LogP contribution in [0.1, 0.15) is 10.6 Å². The lowest BCUT2D eigenvalue weighted by atomic mass is 10.2. The average molecular weight is 350 g/mol. The second-order valence-electron chi connectivity index (χ2n) is 5.02. The van der Waals surface area contributed by atoms with Crippen LogP contribution in [0.2, 0.25) is 0 Å². The maximum Gasteiger partial charge on any atom is 0.320 e. The smallest absolute Gasteiger partial charge is 0.320 e. The van der Waals surface area contributed by atoms with Gasteiger partial charge < -0.3 is 19.7 Å². The molecule has 128 valence electrons. The summed E-state index contributed by atoms with van der Waals surface area (Å²) in [6, 6.07) is 1.36. The van der Waals surface area contributed by atoms with E-state index in [0.29, 0.717) is 29.4 Å². The van der Waals surface area contributed by atoms with E-state index in [9.17, 15) is 4.79 Å². The molecule has 0 bridgehead atoms. The molecule has 24 heavy (non-hydrogen) atoms. The number of methoxy groups -OCH3 is 2. The van der Waals surface area contributed by atoms with Gasteiger partial charge in [-0.25, -0.2) is 9.78 Å². The van der Waals surface area contributed by atoms with Gasteiger partial charge in [0.05, 0.1) is 32.5 Å². The molecule has 0 fully saturated rings. The summed E-state index contributed by atoms with van der Waals surface area (Å²) in [6.07, 6.45) is 0.754. The van der Waals surface area contributed by atoms with Crippen LogP contribution in [0.15, 0.2) is 6.07 Å². The van der Waals surface area contributed by atoms with E-state index in [2.05, 4.69) is 25.6 Å². The Labute approximate surface area is 143 Å². The Bertz CT molecular complexity index is 728. The minimum absolute atomic E-state index is 0.279. The van der Waals surface area contributed by atoms with E-state index >= 15 is 0 Å². The number of hydrogen-bond donors (Lipinski definition) is 2. The molecule has 0 aromatic carbocycles. The summed E-state index contributed by atoms with van der Waals surface area (Å²) in [5.74, 6) is 1.45. The second kappa shape index (κ2) is 6.87. The molecule has 0 aliphatic carbocycles. The molecule has 2 N–H and O–H groups in total. The Balaban J connectivity index is 1.81. The molecule has 0 atom stereocenters. The minimum atomic E-state index is -0.279. The van der Waals surface area contributed by atoms with Gasteiger partial charge in [0.15, 0.2) is 5.13 Å². The number of aromatic nitrogens is 3. The SMILES string of the molecule is CNC(=O)Nc1nc2c(s1)CN(c1nc(OC)cc(OC)n1)CC2. The highest BCUT2D eigenvalue weighted by Gasteiger charge is 2.24. The number of hydrogen-bond acceptors (Lipinski definition) is 8. The van der Waals surface area contributed by atoms with E-state index in [1.54, 1.807) is 27.3 Å². The van der Waals surface area contributed by atoms with Gasteiger partial charge in [-0.2, -0.15) is 9.97 Å². The Morgan fingerprint density at radius 2 is 1.96 bits per heavy atom. The third-order valence-electron chi connectivity index (χ3n) is 3.55. The zero-order chi connectivity index (χ0) is 17.1. The summed E-state index contributed by atoms with van der Waals surface area (Å²) >= 11 is 1.45. The van der Waals surface area contributed by atoms with Crippen molar-refractivity contribution in [2.75, 3.05) is 38.0 Å². The Morgan fingerprint density at radius 1 is 1.25 bits per heavy atom. The van der Waals surface area contributed by atoms with E-state index in [-0.39, 0.29) is 6.03 Å². The van der Waals surface area contributed by atoms with Crippen LogP contribution in [-0.4, -0.2) is 48.8 Å². The molecule has 0 saturated carbocycles. The fourth-order valence-electron chi connectivity index (χ4n) is 2.32. The molecule has 9 nitrogen and oxygen atoms in total. The van der Waals surface area contributed by atoms with Crippen molar-refractivity contribution >= 4 is 28.4 Å². The van der Waals surface area contributed by atoms with Crippen LogP contribution in [0.25, 0.3) is 0 Å². The van der Waals surface area contributed by atoms with Crippen molar-refractivity contribution in [1.29, 1.82) is 0 Å². The highest BCUT2D eigenvalue weighted by molar-refractivity contribution is 7.15. The van der Waals surface area contributed by atoms with Crippen molar-refractivity contribution in [2.24, 2.45) is 0 Å². The van der Waals surface area contributed by atoms with E-state index < -0.39 is 0 Å². The zero-order valence-corrected chi connectivity index (χ0v) is 14.4. The molecule has 1 aliphatic heterocycles. The Morgan fingerprint density at radius 3 is 2.58 bits per heavy atom. The van der Waals surface area contributed by atoms with E-state index in [0.717, 1.165) is 23.5 Å². The zero-order valence-electron chi connectivity index (χ0n) is 13.6. The molecule has 10 heteroatoms. The first-order valence-electron chi connectivity index (χ1n) is 7.32. The number of carbonyl (C=O) groups is 1. The maximum absolute atomic E-state index is 11.4. The number of carbonyl (C=O) groups excluding carboxylic acids is 1. The predicted octanol–water partition coefficient (Wildman–Crippen LogP) is 1.26. The number of fused-ring (bicyclic) bond motifs is 1. The summed E-state index contributed by atoms with van der Waals surface area (Å²) in [5.41, 5.74) is 0.998. The van der Waals surface area contributed by atoms with Crippen LogP contribution in [-0.2, 0) is 13.0 Å². The molecule has 0 spiro atoms. The fraction of sp³-hybridized carbons (Fsp3) is 0.429. The van der Waals surface area contributed by atoms with E-state index in [4.69, 9.17) is 9.47 Å². The Kier molecular flexibility index (Phi) is 4.65. The number of anilines is 2. The summed E-state index contributed by atoms with van der Waals surface area (Å²) < 4.78 is 10.4. The van der Waals surface area contributed by atoms with E-state index in [1.807, 2.05) is 4.90 Å². The first-order chi connectivity index (χ1) is 11.6. The minimum Gasteiger partial charge on any atom is -0.481 e. The lowest BCUT2D eigenvalue weighted by Gasteiger charge is -2.26. The first-order valence-corrected chi connectivity index (χ1v) is 8.14. The van der Waals surface area contributed by atoms with Gasteiger partial charge in [-0.15, -0.1) is 0 Å². The maximum atomic E-state index is 11.4. The van der Waals surface area contributed by atoms with Crippen molar-refractivity contribution in [3.05, 3.63) is 16.6 Å². The van der Waals surface area contributed by atoms with Crippen LogP contribution in [0.4, 0.5) is 15.9 Å². The molecule has 2 aromatic rings. The molecule has 3 heterocycles. The number of nitrogens with zero attached hydrogens (tertiary/aromatic N) is 4. The van der Waals surface area contributed by atoms with Gasteiger partial charge in [0.25, 0.3) is 0 Å². The van der Waals surface area contributed by atoms with Gasteiger partial charge >= 0.3 is 6.03 Å². The van der Waals surface area contributed by atoms with Gasteiger partial charge in [0, 0.05) is 24.9 Å². The largest absolute Gasteiger partial charge is 0.481 e. The number of urea groups is 1. The normalized spacial score (nSPS) is 13.2. The summed E-state index contributed by atoms with van der Waals surface area (Å²) in [5, 5.41) is 5.81. The molecular weight excluding hydrogens is 332 g/mol. The number of nitrogens with one attached hydrogen (secondary N) is 2. The van der Waals surface area contributed by atoms with Crippen molar-refractivity contribution < 1.29 is 14.3 Å². The molecule has 3 rings (SSSR count). The van der Waals surface area contributed by atoms with Gasteiger partial charge in [-0.1, -0.05) is 11.3 Å². The third-order valence-corrected chi connectivity index (χ3v) is 4.55. The topological polar surface area (TPSA) is 102 Å². The summed E-state index contributed by atoms with van der Waals surface area (Å²) in [7, 11) is 4.68. The molecule has 2 amide bonds. The molecule has 0 saturated heterocycles. The van der Waals surface area contributed by atoms with Gasteiger partial charge in [-0.3, -0.25) is 5.32 Å². The van der Waals surface area contributed by atoms with Crippen LogP contribution >= 0.6 is 11.3 Å². The van der Waals surface area contributed by atoms with Gasteiger partial charge in [-0.05, 0) is 0 Å². The van der Waals surface area contributed by atoms with Crippen LogP contribution in [0.3, 0.4) is 0 Å². The summed E-state index contributed by atoms with van der Waals surface area (Å²) in [6.45, 7) is 1.35. The van der Waals surface area contributed by atoms with Gasteiger partial charge in [0.1, 0.15) is 0 Å². The van der Waals surface area contributed by atoms with Crippen molar-refractivity contribution in [3.63, 3.8) is 0 Å². The van der Waals surface area contributed by atoms with Crippen LogP contribution in [0.5, 0.6) is 11.8 Å². The number of thiazole rings is 1. The van der Waals surface area contributed by atoms with Crippen LogP contribution < -0.4 is 25.0 Å². The fourth-order valence-corrected chi connectivity index (χ4v) is 3.34. The highest BCUT2D eigenvalue weighted by atomic mass is 32.1. The van der Waals surface area contributed by atoms with Crippen LogP contribution in [0, 0.1) is 0 Å². The molecule has 1 aliphatic rings. The van der Waals surface area contributed by atoms with Gasteiger partial charge in [0.2, 0.25) is 17.7 Å². The average Bonchev–Trinajstić information content (AvgIpc) is 3.02. The molecule has 2 aromatic heterocycles. The highest BCUT2D eigenvalue weighted by Crippen LogP contribution is 2.30. The molecule has 0 radical (unpaired) electrons. The van der Waals surface area contributed by atoms with Crippen molar-refractivity contribution in [3.8, 4) is 11.8 Å². The standard InChI is InChI=1S/C14H18N6O3S/c1-15-13(21)19-14-16-8-4-5-20(7-9(8)24-14)12-17-10(22-2)6-11(18-12)23-3/h6H,4-5,7H2,1-3H3,(H2,15,16,19,21). The number of rotatable bonds is 4. The first kappa shape index (κ1) is 16.2. The van der Waals surface area contributed by atoms with Crippen molar-refractivity contribution in [1.82, 2.24) is 20.3 Å². The lowest BCUT2D eigenvalue weighted by molar-refractivity contribution is 0.254. The number of amides is 2. The second-order valence-corrected chi connectivity index (χ2v) is 6.10. The van der Waals surface area contributed by atoms with E-state index in [1.165, 1.54) is 11.3 Å². The summed E-state index contributed by atoms with van der Waals surface area (Å²) in [4.78, 5) is 27.8. The molecule has 0 unspecified atom stereocenters.